The molecule has 0 aromatic heterocycles. The van der Waals surface area contributed by atoms with E-state index in [9.17, 15) is 8.42 Å². The second-order valence-corrected chi connectivity index (χ2v) is 8.70. The first-order valence-electron chi connectivity index (χ1n) is 6.85. The molecule has 1 heterocycles. The number of nitrogens with zero attached hydrogens (tertiary/aromatic N) is 1. The summed E-state index contributed by atoms with van der Waals surface area (Å²) in [6.45, 7) is 8.69. The second kappa shape index (κ2) is 6.35. The minimum absolute atomic E-state index is 0.179. The highest BCUT2D eigenvalue weighted by atomic mass is 32.2. The van der Waals surface area contributed by atoms with Crippen molar-refractivity contribution in [2.45, 2.75) is 40.0 Å². The summed E-state index contributed by atoms with van der Waals surface area (Å²) < 4.78 is 25.8. The monoisotopic (exact) mass is 276 g/mol. The van der Waals surface area contributed by atoms with Gasteiger partial charge < -0.3 is 5.32 Å². The maximum Gasteiger partial charge on any atom is 0.214 e. The molecule has 0 bridgehead atoms. The van der Waals surface area contributed by atoms with Crippen molar-refractivity contribution in [1.82, 2.24) is 9.62 Å². The van der Waals surface area contributed by atoms with Gasteiger partial charge in [-0.3, -0.25) is 0 Å². The first-order chi connectivity index (χ1) is 8.21. The zero-order chi connectivity index (χ0) is 13.8. The molecule has 4 nitrogen and oxygen atoms in total. The van der Waals surface area contributed by atoms with Crippen LogP contribution in [0.4, 0.5) is 0 Å². The second-order valence-electron chi connectivity index (χ2n) is 6.62. The van der Waals surface area contributed by atoms with E-state index < -0.39 is 10.0 Å². The van der Waals surface area contributed by atoms with E-state index in [1.165, 1.54) is 12.8 Å². The number of hydrogen-bond acceptors (Lipinski definition) is 3. The van der Waals surface area contributed by atoms with Crippen LogP contribution in [0.25, 0.3) is 0 Å². The van der Waals surface area contributed by atoms with Crippen molar-refractivity contribution in [3.63, 3.8) is 0 Å². The summed E-state index contributed by atoms with van der Waals surface area (Å²) in [5, 5.41) is 3.33. The number of piperidine rings is 1. The van der Waals surface area contributed by atoms with Crippen LogP contribution < -0.4 is 5.32 Å². The van der Waals surface area contributed by atoms with E-state index in [1.807, 2.05) is 20.8 Å². The molecule has 0 aromatic rings. The van der Waals surface area contributed by atoms with E-state index in [4.69, 9.17) is 0 Å². The topological polar surface area (TPSA) is 49.4 Å². The lowest BCUT2D eigenvalue weighted by Gasteiger charge is -2.27. The summed E-state index contributed by atoms with van der Waals surface area (Å²) in [4.78, 5) is 0. The van der Waals surface area contributed by atoms with Gasteiger partial charge in [0.25, 0.3) is 0 Å². The van der Waals surface area contributed by atoms with Gasteiger partial charge in [-0.05, 0) is 43.7 Å². The van der Waals surface area contributed by atoms with Gasteiger partial charge >= 0.3 is 0 Å². The van der Waals surface area contributed by atoms with Crippen molar-refractivity contribution in [3.05, 3.63) is 0 Å². The molecular weight excluding hydrogens is 248 g/mol. The Labute approximate surface area is 112 Å². The average Bonchev–Trinajstić information content (AvgIpc) is 2.24. The maximum absolute atomic E-state index is 12.1. The van der Waals surface area contributed by atoms with Gasteiger partial charge in [0.15, 0.2) is 0 Å². The molecule has 108 valence electrons. The van der Waals surface area contributed by atoms with Crippen LogP contribution in [0.1, 0.15) is 40.0 Å². The molecule has 0 aliphatic carbocycles. The molecule has 0 unspecified atom stereocenters. The highest BCUT2D eigenvalue weighted by molar-refractivity contribution is 7.89. The van der Waals surface area contributed by atoms with E-state index in [-0.39, 0.29) is 11.2 Å². The van der Waals surface area contributed by atoms with Crippen LogP contribution in [-0.4, -0.2) is 45.2 Å². The van der Waals surface area contributed by atoms with E-state index in [0.29, 0.717) is 12.5 Å². The van der Waals surface area contributed by atoms with Crippen LogP contribution in [0.3, 0.4) is 0 Å². The SMILES string of the molecule is CN(CCC1CCNCC1)S(=O)(=O)CC(C)(C)C. The van der Waals surface area contributed by atoms with Gasteiger partial charge in [-0.1, -0.05) is 20.8 Å². The van der Waals surface area contributed by atoms with Gasteiger partial charge in [-0.15, -0.1) is 0 Å². The van der Waals surface area contributed by atoms with Crippen LogP contribution in [0.2, 0.25) is 0 Å². The zero-order valence-corrected chi connectivity index (χ0v) is 13.0. The normalized spacial score (nSPS) is 19.4. The number of hydrogen-bond donors (Lipinski definition) is 1. The Hall–Kier alpha value is -0.130. The molecule has 0 amide bonds. The quantitative estimate of drug-likeness (QED) is 0.831. The minimum Gasteiger partial charge on any atom is -0.317 e. The molecule has 0 spiro atoms. The Bertz CT molecular complexity index is 340. The third-order valence-electron chi connectivity index (χ3n) is 3.40. The Balaban J connectivity index is 2.41. The van der Waals surface area contributed by atoms with Crippen LogP contribution >= 0.6 is 0 Å². The first-order valence-corrected chi connectivity index (χ1v) is 8.46. The molecule has 0 saturated carbocycles. The highest BCUT2D eigenvalue weighted by Crippen LogP contribution is 2.20. The van der Waals surface area contributed by atoms with Crippen molar-refractivity contribution in [2.75, 3.05) is 32.4 Å². The molecule has 1 N–H and O–H groups in total. The Morgan fingerprint density at radius 1 is 1.22 bits per heavy atom. The summed E-state index contributed by atoms with van der Waals surface area (Å²) in [7, 11) is -1.39. The van der Waals surface area contributed by atoms with Gasteiger partial charge in [0.1, 0.15) is 0 Å². The van der Waals surface area contributed by atoms with Gasteiger partial charge in [0, 0.05) is 13.6 Å². The van der Waals surface area contributed by atoms with Crippen molar-refractivity contribution >= 4 is 10.0 Å². The first kappa shape index (κ1) is 15.9. The summed E-state index contributed by atoms with van der Waals surface area (Å²) in [6.07, 6.45) is 3.34. The molecular formula is C13H28N2O2S. The summed E-state index contributed by atoms with van der Waals surface area (Å²) >= 11 is 0. The molecule has 1 saturated heterocycles. The third-order valence-corrected chi connectivity index (χ3v) is 5.76. The molecule has 1 aliphatic rings. The van der Waals surface area contributed by atoms with Crippen molar-refractivity contribution in [1.29, 1.82) is 0 Å². The average molecular weight is 276 g/mol. The van der Waals surface area contributed by atoms with Gasteiger partial charge in [-0.25, -0.2) is 12.7 Å². The molecule has 5 heteroatoms. The van der Waals surface area contributed by atoms with E-state index in [0.717, 1.165) is 19.5 Å². The zero-order valence-electron chi connectivity index (χ0n) is 12.2. The fraction of sp³-hybridized carbons (Fsp3) is 1.00. The Morgan fingerprint density at radius 3 is 2.28 bits per heavy atom. The lowest BCUT2D eigenvalue weighted by atomic mass is 9.95. The molecule has 1 aliphatic heterocycles. The van der Waals surface area contributed by atoms with Crippen LogP contribution in [0, 0.1) is 11.3 Å². The number of nitrogens with one attached hydrogen (secondary N) is 1. The van der Waals surface area contributed by atoms with Crippen LogP contribution in [-0.2, 0) is 10.0 Å². The van der Waals surface area contributed by atoms with Gasteiger partial charge in [-0.2, -0.15) is 0 Å². The predicted octanol–water partition coefficient (Wildman–Crippen LogP) is 1.68. The fourth-order valence-electron chi connectivity index (χ4n) is 2.33. The van der Waals surface area contributed by atoms with Gasteiger partial charge in [0.05, 0.1) is 5.75 Å². The number of rotatable bonds is 5. The lowest BCUT2D eigenvalue weighted by molar-refractivity contribution is 0.323. The van der Waals surface area contributed by atoms with E-state index in [1.54, 1.807) is 11.4 Å². The van der Waals surface area contributed by atoms with Crippen LogP contribution in [0.5, 0.6) is 0 Å². The lowest BCUT2D eigenvalue weighted by Crippen LogP contribution is -2.36. The standard InChI is InChI=1S/C13H28N2O2S/c1-13(2,3)11-18(16,17)15(4)10-7-12-5-8-14-9-6-12/h12,14H,5-11H2,1-4H3. The van der Waals surface area contributed by atoms with Crippen molar-refractivity contribution < 1.29 is 8.42 Å². The molecule has 0 atom stereocenters. The van der Waals surface area contributed by atoms with Crippen molar-refractivity contribution in [3.8, 4) is 0 Å². The fourth-order valence-corrected chi connectivity index (χ4v) is 4.03. The molecule has 1 rings (SSSR count). The molecule has 0 aromatic carbocycles. The number of sulfonamides is 1. The highest BCUT2D eigenvalue weighted by Gasteiger charge is 2.26. The summed E-state index contributed by atoms with van der Waals surface area (Å²) in [5.74, 6) is 0.904. The van der Waals surface area contributed by atoms with Gasteiger partial charge in [0.2, 0.25) is 10.0 Å². The summed E-state index contributed by atoms with van der Waals surface area (Å²) in [6, 6.07) is 0. The molecule has 18 heavy (non-hydrogen) atoms. The minimum atomic E-state index is -3.10. The third kappa shape index (κ3) is 5.67. The predicted molar refractivity (Wildman–Crippen MR) is 76.1 cm³/mol. The molecule has 0 radical (unpaired) electrons. The largest absolute Gasteiger partial charge is 0.317 e. The molecule has 1 fully saturated rings. The van der Waals surface area contributed by atoms with E-state index >= 15 is 0 Å². The Morgan fingerprint density at radius 2 is 1.78 bits per heavy atom. The van der Waals surface area contributed by atoms with E-state index in [2.05, 4.69) is 5.32 Å². The maximum atomic E-state index is 12.1. The smallest absolute Gasteiger partial charge is 0.214 e. The van der Waals surface area contributed by atoms with Crippen LogP contribution in [0.15, 0.2) is 0 Å². The van der Waals surface area contributed by atoms with Crippen molar-refractivity contribution in [2.24, 2.45) is 11.3 Å². The Kier molecular flexibility index (Phi) is 5.62. The summed E-state index contributed by atoms with van der Waals surface area (Å²) in [5.41, 5.74) is -0.179.